The molecule has 0 saturated heterocycles. The van der Waals surface area contributed by atoms with Crippen LogP contribution in [0.15, 0.2) is 0 Å². The van der Waals surface area contributed by atoms with Crippen molar-refractivity contribution >= 4 is 5.95 Å². The fourth-order valence-electron chi connectivity index (χ4n) is 3.68. The van der Waals surface area contributed by atoms with Crippen LogP contribution >= 0.6 is 0 Å². The molecule has 1 rings (SSSR count). The van der Waals surface area contributed by atoms with Crippen LogP contribution < -0.4 is 4.90 Å². The summed E-state index contributed by atoms with van der Waals surface area (Å²) < 4.78 is 274. The summed E-state index contributed by atoms with van der Waals surface area (Å²) in [5.41, 5.74) is -15.6. The Kier molecular flexibility index (Phi) is 9.66. The quantitative estimate of drug-likeness (QED) is 0.264. The SMILES string of the molecule is CCCN(CCC)c1nc(C(C(F)(F)F)(C(F)(F)F)C(F)(F)F)nc(C(C(F)(F)F)(C(F)(F)F)C(F)(F)C(F)(F)F)n1. The van der Waals surface area contributed by atoms with Crippen molar-refractivity contribution in [3.8, 4) is 0 Å². The van der Waals surface area contributed by atoms with E-state index < -0.39 is 84.5 Å². The molecule has 0 atom stereocenters. The summed E-state index contributed by atoms with van der Waals surface area (Å²) in [6.07, 6.45) is -48.4. The smallest absolute Gasteiger partial charge is 0.341 e. The monoisotopic (exact) mass is 666 g/mol. The summed E-state index contributed by atoms with van der Waals surface area (Å²) in [5.74, 6) is -19.0. The summed E-state index contributed by atoms with van der Waals surface area (Å²) in [7, 11) is 0. The van der Waals surface area contributed by atoms with E-state index >= 15 is 0 Å². The van der Waals surface area contributed by atoms with Gasteiger partial charge in [0.1, 0.15) is 0 Å². The molecule has 4 nitrogen and oxygen atoms in total. The highest BCUT2D eigenvalue weighted by Crippen LogP contribution is 2.64. The molecule has 24 heteroatoms. The van der Waals surface area contributed by atoms with Gasteiger partial charge in [0.25, 0.3) is 5.41 Å². The summed E-state index contributed by atoms with van der Waals surface area (Å²) in [6.45, 7) is 0.415. The van der Waals surface area contributed by atoms with Crippen molar-refractivity contribution in [3.63, 3.8) is 0 Å². The summed E-state index contributed by atoms with van der Waals surface area (Å²) in [6, 6.07) is 0. The zero-order valence-electron chi connectivity index (χ0n) is 20.2. The predicted octanol–water partition coefficient (Wildman–Crippen LogP) is 7.98. The maximum Gasteiger partial charge on any atom is 0.455 e. The number of alkyl halides is 20. The Balaban J connectivity index is 4.86. The van der Waals surface area contributed by atoms with E-state index in [1.807, 2.05) is 0 Å². The van der Waals surface area contributed by atoms with Crippen molar-refractivity contribution in [2.24, 2.45) is 0 Å². The molecule has 0 aliphatic rings. The minimum atomic E-state index is -8.26. The molecule has 0 spiro atoms. The van der Waals surface area contributed by atoms with E-state index in [4.69, 9.17) is 0 Å². The van der Waals surface area contributed by atoms with Crippen molar-refractivity contribution < 1.29 is 87.8 Å². The second kappa shape index (κ2) is 10.8. The number of halogens is 20. The largest absolute Gasteiger partial charge is 0.455 e. The van der Waals surface area contributed by atoms with E-state index in [1.165, 1.54) is 4.98 Å². The van der Waals surface area contributed by atoms with E-state index in [1.54, 1.807) is 0 Å². The van der Waals surface area contributed by atoms with Gasteiger partial charge in [-0.25, -0.2) is 4.98 Å². The molecule has 42 heavy (non-hydrogen) atoms. The van der Waals surface area contributed by atoms with Crippen LogP contribution in [0.2, 0.25) is 0 Å². The molecule has 0 fully saturated rings. The molecule has 0 bridgehead atoms. The van der Waals surface area contributed by atoms with Crippen LogP contribution in [0.1, 0.15) is 38.3 Å². The van der Waals surface area contributed by atoms with Gasteiger partial charge in [0, 0.05) is 13.1 Å². The topological polar surface area (TPSA) is 41.9 Å². The minimum Gasteiger partial charge on any atom is -0.341 e. The number of anilines is 1. The highest BCUT2D eigenvalue weighted by atomic mass is 19.4. The van der Waals surface area contributed by atoms with Gasteiger partial charge in [-0.1, -0.05) is 13.8 Å². The first-order valence-corrected chi connectivity index (χ1v) is 10.6. The maximum absolute atomic E-state index is 14.3. The van der Waals surface area contributed by atoms with Crippen LogP contribution in [0.5, 0.6) is 0 Å². The van der Waals surface area contributed by atoms with E-state index in [-0.39, 0.29) is 17.7 Å². The molecule has 0 aromatic carbocycles. The lowest BCUT2D eigenvalue weighted by molar-refractivity contribution is -0.416. The second-order valence-electron chi connectivity index (χ2n) is 8.33. The van der Waals surface area contributed by atoms with E-state index in [2.05, 4.69) is 9.97 Å². The summed E-state index contributed by atoms with van der Waals surface area (Å²) >= 11 is 0. The van der Waals surface area contributed by atoms with Gasteiger partial charge in [0.15, 0.2) is 11.6 Å². The van der Waals surface area contributed by atoms with Crippen LogP contribution in [0.4, 0.5) is 93.8 Å². The van der Waals surface area contributed by atoms with Crippen LogP contribution in [-0.2, 0) is 10.8 Å². The Hall–Kier alpha value is -2.59. The van der Waals surface area contributed by atoms with Crippen LogP contribution in [-0.4, -0.2) is 71.0 Å². The summed E-state index contributed by atoms with van der Waals surface area (Å²) in [5, 5.41) is 0. The second-order valence-corrected chi connectivity index (χ2v) is 8.33. The van der Waals surface area contributed by atoms with Gasteiger partial charge in [-0.15, -0.1) is 0 Å². The molecule has 1 aromatic rings. The van der Waals surface area contributed by atoms with Crippen LogP contribution in [0.3, 0.4) is 0 Å². The number of hydrogen-bond donors (Lipinski definition) is 0. The van der Waals surface area contributed by atoms with Gasteiger partial charge in [-0.3, -0.25) is 0 Å². The molecular formula is C18H14F20N4. The standard InChI is InChI=1S/C18H14F20N4/c1-3-5-42(6-4-2)9-40-7(10(13(21,22)23,14(24,25)26)12(19,20)18(36,37)38)39-8(41-9)11(15(27,28)29,16(30,31)32)17(33,34)35/h3-6H2,1-2H3. The first-order chi connectivity index (χ1) is 18.3. The zero-order chi connectivity index (χ0) is 33.8. The van der Waals surface area contributed by atoms with Gasteiger partial charge < -0.3 is 4.90 Å². The molecule has 246 valence electrons. The number of nitrogens with zero attached hydrogens (tertiary/aromatic N) is 4. The van der Waals surface area contributed by atoms with Crippen LogP contribution in [0.25, 0.3) is 0 Å². The third-order valence-electron chi connectivity index (χ3n) is 5.52. The molecular weight excluding hydrogens is 652 g/mol. The average Bonchev–Trinajstić information content (AvgIpc) is 2.67. The lowest BCUT2D eigenvalue weighted by Crippen LogP contribution is -2.70. The molecule has 0 aliphatic heterocycles. The Morgan fingerprint density at radius 2 is 0.714 bits per heavy atom. The van der Waals surface area contributed by atoms with E-state index in [0.29, 0.717) is 0 Å². The summed E-state index contributed by atoms with van der Waals surface area (Å²) in [4.78, 5) is 5.57. The lowest BCUT2D eigenvalue weighted by atomic mass is 9.77. The molecule has 1 heterocycles. The number of hydrogen-bond acceptors (Lipinski definition) is 4. The zero-order valence-corrected chi connectivity index (χ0v) is 20.2. The molecule has 0 radical (unpaired) electrons. The fourth-order valence-corrected chi connectivity index (χ4v) is 3.68. The molecule has 0 unspecified atom stereocenters. The van der Waals surface area contributed by atoms with Gasteiger partial charge in [-0.05, 0) is 12.8 Å². The van der Waals surface area contributed by atoms with Crippen LogP contribution in [0, 0.1) is 0 Å². The highest BCUT2D eigenvalue weighted by molar-refractivity contribution is 5.37. The highest BCUT2D eigenvalue weighted by Gasteiger charge is 2.92. The predicted molar refractivity (Wildman–Crippen MR) is 97.3 cm³/mol. The van der Waals surface area contributed by atoms with Gasteiger partial charge >= 0.3 is 48.4 Å². The van der Waals surface area contributed by atoms with Crippen molar-refractivity contribution in [1.82, 2.24) is 15.0 Å². The van der Waals surface area contributed by atoms with Gasteiger partial charge in [0.05, 0.1) is 0 Å². The Labute approximate surface area is 220 Å². The Morgan fingerprint density at radius 1 is 0.429 bits per heavy atom. The van der Waals surface area contributed by atoms with Crippen molar-refractivity contribution in [3.05, 3.63) is 11.6 Å². The molecule has 1 aromatic heterocycles. The van der Waals surface area contributed by atoms with Crippen molar-refractivity contribution in [2.45, 2.75) is 80.5 Å². The normalized spacial score (nSPS) is 15.3. The minimum absolute atomic E-state index is 0.0613. The fraction of sp³-hybridized carbons (Fsp3) is 0.833. The third-order valence-corrected chi connectivity index (χ3v) is 5.52. The van der Waals surface area contributed by atoms with E-state index in [9.17, 15) is 87.8 Å². The average molecular weight is 666 g/mol. The molecule has 0 amide bonds. The number of rotatable bonds is 8. The Morgan fingerprint density at radius 3 is 0.952 bits per heavy atom. The number of aromatic nitrogens is 3. The lowest BCUT2D eigenvalue weighted by Gasteiger charge is -2.42. The third kappa shape index (κ3) is 5.56. The molecule has 0 N–H and O–H groups in total. The molecule has 0 aliphatic carbocycles. The van der Waals surface area contributed by atoms with E-state index in [0.717, 1.165) is 13.8 Å². The molecule has 0 saturated carbocycles. The van der Waals surface area contributed by atoms with Gasteiger partial charge in [-0.2, -0.15) is 97.8 Å². The van der Waals surface area contributed by atoms with Gasteiger partial charge in [0.2, 0.25) is 5.95 Å². The Bertz CT molecular complexity index is 1020. The first kappa shape index (κ1) is 37.4. The maximum atomic E-state index is 14.3. The van der Waals surface area contributed by atoms with Crippen molar-refractivity contribution in [2.75, 3.05) is 18.0 Å². The van der Waals surface area contributed by atoms with Crippen molar-refractivity contribution in [1.29, 1.82) is 0 Å². The first-order valence-electron chi connectivity index (χ1n) is 10.6.